The molecule has 0 amide bonds. The summed E-state index contributed by atoms with van der Waals surface area (Å²) in [7, 11) is 0. The molecule has 9 heteroatoms. The number of benzene rings is 3. The standard InChI is InChI=1S/C27H18ClN5O3/c1-15-29-25-23(27(34)32(15)13-16-9-10-21-22(11-16)36-14-35-21)24-26(31-20-8-3-2-7-19(20)30-24)33(25)18-6-4-5-17(28)12-18/h2-12H,13-14H2,1H3. The Morgan fingerprint density at radius 1 is 0.889 bits per heavy atom. The number of ether oxygens (including phenoxy) is 2. The molecule has 0 N–H and O–H groups in total. The zero-order chi connectivity index (χ0) is 24.4. The highest BCUT2D eigenvalue weighted by Crippen LogP contribution is 2.33. The summed E-state index contributed by atoms with van der Waals surface area (Å²) in [6, 6.07) is 20.7. The van der Waals surface area contributed by atoms with Gasteiger partial charge < -0.3 is 9.47 Å². The van der Waals surface area contributed by atoms with Gasteiger partial charge in [0.1, 0.15) is 16.7 Å². The van der Waals surface area contributed by atoms with E-state index in [9.17, 15) is 4.79 Å². The maximum absolute atomic E-state index is 14.0. The second kappa shape index (κ2) is 7.79. The van der Waals surface area contributed by atoms with Crippen LogP contribution in [0.5, 0.6) is 11.5 Å². The number of rotatable bonds is 3. The van der Waals surface area contributed by atoms with E-state index < -0.39 is 0 Å². The van der Waals surface area contributed by atoms with Crippen molar-refractivity contribution in [2.24, 2.45) is 0 Å². The van der Waals surface area contributed by atoms with Gasteiger partial charge in [-0.3, -0.25) is 13.9 Å². The number of hydrogen-bond acceptors (Lipinski definition) is 6. The molecule has 0 bridgehead atoms. The van der Waals surface area contributed by atoms with Gasteiger partial charge in [-0.1, -0.05) is 35.9 Å². The molecule has 0 spiro atoms. The number of hydrogen-bond donors (Lipinski definition) is 0. The molecule has 36 heavy (non-hydrogen) atoms. The third kappa shape index (κ3) is 3.15. The summed E-state index contributed by atoms with van der Waals surface area (Å²) in [6.07, 6.45) is 0. The van der Waals surface area contributed by atoms with Gasteiger partial charge in [0.2, 0.25) is 6.79 Å². The monoisotopic (exact) mass is 495 g/mol. The quantitative estimate of drug-likeness (QED) is 0.342. The Kier molecular flexibility index (Phi) is 4.52. The molecule has 8 nitrogen and oxygen atoms in total. The van der Waals surface area contributed by atoms with Crippen LogP contribution in [-0.4, -0.2) is 30.9 Å². The van der Waals surface area contributed by atoms with Crippen LogP contribution < -0.4 is 15.0 Å². The first-order chi connectivity index (χ1) is 17.6. The summed E-state index contributed by atoms with van der Waals surface area (Å²) >= 11 is 6.32. The lowest BCUT2D eigenvalue weighted by atomic mass is 10.2. The van der Waals surface area contributed by atoms with Crippen molar-refractivity contribution in [1.82, 2.24) is 24.1 Å². The van der Waals surface area contributed by atoms with Crippen molar-refractivity contribution in [3.8, 4) is 17.2 Å². The van der Waals surface area contributed by atoms with Gasteiger partial charge in [0.15, 0.2) is 22.8 Å². The van der Waals surface area contributed by atoms with Crippen LogP contribution in [0.15, 0.2) is 71.5 Å². The van der Waals surface area contributed by atoms with Gasteiger partial charge in [-0.2, -0.15) is 0 Å². The summed E-state index contributed by atoms with van der Waals surface area (Å²) in [5, 5.41) is 0.985. The number of fused-ring (bicyclic) bond motifs is 5. The summed E-state index contributed by atoms with van der Waals surface area (Å²) < 4.78 is 14.4. The van der Waals surface area contributed by atoms with Crippen molar-refractivity contribution >= 4 is 44.8 Å². The van der Waals surface area contributed by atoms with E-state index >= 15 is 0 Å². The van der Waals surface area contributed by atoms with Crippen molar-refractivity contribution in [2.45, 2.75) is 13.5 Å². The normalized spacial score (nSPS) is 12.7. The molecule has 1 aliphatic heterocycles. The zero-order valence-corrected chi connectivity index (χ0v) is 19.9. The minimum atomic E-state index is -0.189. The van der Waals surface area contributed by atoms with Gasteiger partial charge in [-0.15, -0.1) is 0 Å². The highest BCUT2D eigenvalue weighted by Gasteiger charge is 2.23. The maximum atomic E-state index is 14.0. The zero-order valence-electron chi connectivity index (χ0n) is 19.1. The third-order valence-electron chi connectivity index (χ3n) is 6.40. The summed E-state index contributed by atoms with van der Waals surface area (Å²) in [5.74, 6) is 1.94. The van der Waals surface area contributed by atoms with Crippen LogP contribution in [0, 0.1) is 6.92 Å². The molecule has 176 valence electrons. The van der Waals surface area contributed by atoms with Gasteiger partial charge in [0, 0.05) is 5.02 Å². The van der Waals surface area contributed by atoms with E-state index in [-0.39, 0.29) is 12.4 Å². The molecule has 0 radical (unpaired) electrons. The first-order valence-corrected chi connectivity index (χ1v) is 11.8. The maximum Gasteiger partial charge on any atom is 0.265 e. The van der Waals surface area contributed by atoms with Gasteiger partial charge in [-0.05, 0) is 55.0 Å². The summed E-state index contributed by atoms with van der Waals surface area (Å²) in [4.78, 5) is 28.6. The Labute approximate surface area is 209 Å². The number of para-hydroxylation sites is 2. The van der Waals surface area contributed by atoms with Crippen LogP contribution in [0.3, 0.4) is 0 Å². The minimum absolute atomic E-state index is 0.189. The topological polar surface area (TPSA) is 84.1 Å². The van der Waals surface area contributed by atoms with E-state index in [4.69, 9.17) is 36.0 Å². The number of aryl methyl sites for hydroxylation is 1. The second-order valence-electron chi connectivity index (χ2n) is 8.64. The Bertz CT molecular complexity index is 1910. The molecule has 1 aliphatic rings. The fourth-order valence-electron chi connectivity index (χ4n) is 4.70. The van der Waals surface area contributed by atoms with Crippen LogP contribution in [0.25, 0.3) is 38.9 Å². The Morgan fingerprint density at radius 2 is 1.69 bits per heavy atom. The average Bonchev–Trinajstić information content (AvgIpc) is 3.46. The first kappa shape index (κ1) is 20.9. The van der Waals surface area contributed by atoms with Gasteiger partial charge in [-0.25, -0.2) is 15.0 Å². The van der Waals surface area contributed by atoms with Crippen molar-refractivity contribution in [3.63, 3.8) is 0 Å². The van der Waals surface area contributed by atoms with E-state index in [0.717, 1.165) is 16.8 Å². The number of aromatic nitrogens is 5. The Hall–Kier alpha value is -4.43. The molecule has 0 saturated heterocycles. The molecule has 3 aromatic heterocycles. The van der Waals surface area contributed by atoms with Gasteiger partial charge in [0.25, 0.3) is 5.56 Å². The molecular weight excluding hydrogens is 478 g/mol. The number of nitrogens with zero attached hydrogens (tertiary/aromatic N) is 5. The van der Waals surface area contributed by atoms with Gasteiger partial charge in [0.05, 0.1) is 23.3 Å². The molecule has 0 fully saturated rings. The van der Waals surface area contributed by atoms with E-state index in [1.165, 1.54) is 0 Å². The average molecular weight is 496 g/mol. The second-order valence-corrected chi connectivity index (χ2v) is 9.07. The summed E-state index contributed by atoms with van der Waals surface area (Å²) in [5.41, 5.74) is 4.45. The molecule has 0 unspecified atom stereocenters. The smallest absolute Gasteiger partial charge is 0.265 e. The van der Waals surface area contributed by atoms with Crippen LogP contribution in [0.1, 0.15) is 11.4 Å². The SMILES string of the molecule is Cc1nc2c(c(=O)n1Cc1ccc3c(c1)OCO3)c1nc3ccccc3nc1n2-c1cccc(Cl)c1. The lowest BCUT2D eigenvalue weighted by Gasteiger charge is -2.11. The lowest BCUT2D eigenvalue weighted by molar-refractivity contribution is 0.174. The van der Waals surface area contributed by atoms with Crippen molar-refractivity contribution < 1.29 is 9.47 Å². The fraction of sp³-hybridized carbons (Fsp3) is 0.111. The molecule has 0 saturated carbocycles. The van der Waals surface area contributed by atoms with Crippen LogP contribution in [0.4, 0.5) is 0 Å². The molecule has 0 aliphatic carbocycles. The fourth-order valence-corrected chi connectivity index (χ4v) is 4.88. The predicted molar refractivity (Wildman–Crippen MR) is 137 cm³/mol. The van der Waals surface area contributed by atoms with E-state index in [2.05, 4.69) is 0 Å². The first-order valence-electron chi connectivity index (χ1n) is 11.4. The molecule has 4 heterocycles. The van der Waals surface area contributed by atoms with Crippen molar-refractivity contribution in [1.29, 1.82) is 0 Å². The predicted octanol–water partition coefficient (Wildman–Crippen LogP) is 5.02. The highest BCUT2D eigenvalue weighted by atomic mass is 35.5. The number of halogens is 1. The van der Waals surface area contributed by atoms with Crippen LogP contribution in [0.2, 0.25) is 5.02 Å². The molecule has 0 atom stereocenters. The van der Waals surface area contributed by atoms with E-state index in [1.807, 2.05) is 72.2 Å². The molecular formula is C27H18ClN5O3. The van der Waals surface area contributed by atoms with Crippen LogP contribution >= 0.6 is 11.6 Å². The lowest BCUT2D eigenvalue weighted by Crippen LogP contribution is -2.24. The highest BCUT2D eigenvalue weighted by molar-refractivity contribution is 6.30. The van der Waals surface area contributed by atoms with Gasteiger partial charge >= 0.3 is 0 Å². The molecule has 6 aromatic rings. The Morgan fingerprint density at radius 3 is 2.53 bits per heavy atom. The van der Waals surface area contributed by atoms with E-state index in [0.29, 0.717) is 56.6 Å². The summed E-state index contributed by atoms with van der Waals surface area (Å²) in [6.45, 7) is 2.35. The molecule has 3 aromatic carbocycles. The van der Waals surface area contributed by atoms with E-state index in [1.54, 1.807) is 10.6 Å². The van der Waals surface area contributed by atoms with Crippen LogP contribution in [-0.2, 0) is 6.54 Å². The van der Waals surface area contributed by atoms with Crippen molar-refractivity contribution in [2.75, 3.05) is 6.79 Å². The third-order valence-corrected chi connectivity index (χ3v) is 6.63. The minimum Gasteiger partial charge on any atom is -0.454 e. The largest absolute Gasteiger partial charge is 0.454 e. The van der Waals surface area contributed by atoms with Crippen molar-refractivity contribution in [3.05, 3.63) is 93.5 Å². The Balaban J connectivity index is 1.53. The molecule has 7 rings (SSSR count).